The first-order valence-electron chi connectivity index (χ1n) is 6.07. The van der Waals surface area contributed by atoms with Crippen molar-refractivity contribution < 1.29 is 17.2 Å². The van der Waals surface area contributed by atoms with Gasteiger partial charge in [0.05, 0.1) is 0 Å². The summed E-state index contributed by atoms with van der Waals surface area (Å²) in [7, 11) is -2.48. The molecular weight excluding hydrogens is 310 g/mol. The van der Waals surface area contributed by atoms with Crippen LogP contribution in [0.1, 0.15) is 12.8 Å². The zero-order valence-electron chi connectivity index (χ0n) is 11.0. The van der Waals surface area contributed by atoms with E-state index in [0.29, 0.717) is 18.9 Å². The number of halogens is 3. The first kappa shape index (κ1) is 17.3. The minimum Gasteiger partial charge on any atom is -0.317 e. The molecular formula is C12H17ClF2N2O2S. The Morgan fingerprint density at radius 1 is 1.25 bits per heavy atom. The lowest BCUT2D eigenvalue weighted by atomic mass is 10.1. The second-order valence-corrected chi connectivity index (χ2v) is 6.54. The van der Waals surface area contributed by atoms with Crippen LogP contribution >= 0.6 is 12.4 Å². The van der Waals surface area contributed by atoms with Gasteiger partial charge >= 0.3 is 0 Å². The minimum absolute atomic E-state index is 0. The number of hydrogen-bond donors (Lipinski definition) is 1. The van der Waals surface area contributed by atoms with Gasteiger partial charge in [-0.15, -0.1) is 12.4 Å². The van der Waals surface area contributed by atoms with Crippen molar-refractivity contribution in [3.63, 3.8) is 0 Å². The molecule has 20 heavy (non-hydrogen) atoms. The summed E-state index contributed by atoms with van der Waals surface area (Å²) in [6.45, 7) is 1.47. The van der Waals surface area contributed by atoms with Gasteiger partial charge in [-0.2, -0.15) is 4.31 Å². The van der Waals surface area contributed by atoms with Crippen LogP contribution in [0.4, 0.5) is 8.78 Å². The normalized spacial score (nSPS) is 17.0. The third-order valence-electron chi connectivity index (χ3n) is 3.37. The molecule has 1 aliphatic heterocycles. The van der Waals surface area contributed by atoms with Crippen molar-refractivity contribution >= 4 is 22.4 Å². The molecule has 1 aromatic carbocycles. The molecule has 0 atom stereocenters. The molecule has 1 fully saturated rings. The van der Waals surface area contributed by atoms with Gasteiger partial charge in [-0.3, -0.25) is 0 Å². The molecule has 0 unspecified atom stereocenters. The van der Waals surface area contributed by atoms with E-state index < -0.39 is 26.6 Å². The third kappa shape index (κ3) is 3.46. The molecule has 0 radical (unpaired) electrons. The standard InChI is InChI=1S/C12H16F2N2O2S.ClH/c1-16(10-4-6-15-7-5-10)19(17,18)12-3-2-9(13)8-11(12)14;/h2-3,8,10,15H,4-7H2,1H3;1H. The summed E-state index contributed by atoms with van der Waals surface area (Å²) in [4.78, 5) is -0.477. The van der Waals surface area contributed by atoms with Crippen LogP contribution in [0.2, 0.25) is 0 Å². The van der Waals surface area contributed by atoms with Crippen molar-refractivity contribution in [2.24, 2.45) is 0 Å². The van der Waals surface area contributed by atoms with Crippen molar-refractivity contribution in [1.29, 1.82) is 0 Å². The number of piperidine rings is 1. The average Bonchev–Trinajstić information content (AvgIpc) is 2.38. The molecule has 0 amide bonds. The molecule has 4 nitrogen and oxygen atoms in total. The van der Waals surface area contributed by atoms with Crippen molar-refractivity contribution in [3.8, 4) is 0 Å². The van der Waals surface area contributed by atoms with Crippen molar-refractivity contribution in [3.05, 3.63) is 29.8 Å². The Bertz CT molecular complexity index is 563. The SMILES string of the molecule is CN(C1CCNCC1)S(=O)(=O)c1ccc(F)cc1F.Cl. The lowest BCUT2D eigenvalue weighted by Gasteiger charge is -2.30. The Labute approximate surface area is 123 Å². The van der Waals surface area contributed by atoms with Gasteiger partial charge in [-0.25, -0.2) is 17.2 Å². The number of nitrogens with one attached hydrogen (secondary N) is 1. The van der Waals surface area contributed by atoms with E-state index in [0.717, 1.165) is 25.2 Å². The van der Waals surface area contributed by atoms with E-state index in [1.807, 2.05) is 0 Å². The fourth-order valence-electron chi connectivity index (χ4n) is 2.21. The first-order chi connectivity index (χ1) is 8.93. The Morgan fingerprint density at radius 2 is 1.85 bits per heavy atom. The van der Waals surface area contributed by atoms with Gasteiger partial charge in [0.15, 0.2) is 0 Å². The lowest BCUT2D eigenvalue weighted by Crippen LogP contribution is -2.44. The van der Waals surface area contributed by atoms with Crippen LogP contribution in [-0.4, -0.2) is 38.9 Å². The Morgan fingerprint density at radius 3 is 2.40 bits per heavy atom. The van der Waals surface area contributed by atoms with Crippen molar-refractivity contribution in [2.45, 2.75) is 23.8 Å². The van der Waals surface area contributed by atoms with Crippen LogP contribution in [-0.2, 0) is 10.0 Å². The molecule has 0 saturated carbocycles. The topological polar surface area (TPSA) is 49.4 Å². The minimum atomic E-state index is -3.92. The van der Waals surface area contributed by atoms with E-state index in [1.165, 1.54) is 11.4 Å². The van der Waals surface area contributed by atoms with E-state index in [1.54, 1.807) is 0 Å². The molecule has 1 aromatic rings. The smallest absolute Gasteiger partial charge is 0.245 e. The largest absolute Gasteiger partial charge is 0.317 e. The van der Waals surface area contributed by atoms with Gasteiger partial charge < -0.3 is 5.32 Å². The van der Waals surface area contributed by atoms with Crippen LogP contribution in [0.15, 0.2) is 23.1 Å². The molecule has 1 heterocycles. The number of benzene rings is 1. The summed E-state index contributed by atoms with van der Waals surface area (Å²) in [6.07, 6.45) is 1.36. The molecule has 0 spiro atoms. The monoisotopic (exact) mass is 326 g/mol. The van der Waals surface area contributed by atoms with Gasteiger partial charge in [0, 0.05) is 19.2 Å². The van der Waals surface area contributed by atoms with Crippen molar-refractivity contribution in [2.75, 3.05) is 20.1 Å². The zero-order valence-corrected chi connectivity index (χ0v) is 12.6. The highest BCUT2D eigenvalue weighted by Crippen LogP contribution is 2.23. The third-order valence-corrected chi connectivity index (χ3v) is 5.32. The number of hydrogen-bond acceptors (Lipinski definition) is 3. The molecule has 0 bridgehead atoms. The summed E-state index contributed by atoms with van der Waals surface area (Å²) in [5.74, 6) is -1.85. The number of sulfonamides is 1. The summed E-state index contributed by atoms with van der Waals surface area (Å²) >= 11 is 0. The number of nitrogens with zero attached hydrogens (tertiary/aromatic N) is 1. The zero-order chi connectivity index (χ0) is 14.0. The summed E-state index contributed by atoms with van der Waals surface area (Å²) < 4.78 is 52.2. The van der Waals surface area contributed by atoms with Crippen LogP contribution in [0.5, 0.6) is 0 Å². The summed E-state index contributed by atoms with van der Waals surface area (Å²) in [5, 5.41) is 3.13. The van der Waals surface area contributed by atoms with E-state index in [2.05, 4.69) is 5.32 Å². The second kappa shape index (κ2) is 6.80. The molecule has 114 valence electrons. The van der Waals surface area contributed by atoms with E-state index in [-0.39, 0.29) is 18.4 Å². The predicted molar refractivity (Wildman–Crippen MR) is 74.4 cm³/mol. The highest BCUT2D eigenvalue weighted by molar-refractivity contribution is 7.89. The second-order valence-electron chi connectivity index (χ2n) is 4.58. The van der Waals surface area contributed by atoms with Crippen LogP contribution in [0.25, 0.3) is 0 Å². The Kier molecular flexibility index (Phi) is 5.88. The van der Waals surface area contributed by atoms with E-state index in [9.17, 15) is 17.2 Å². The summed E-state index contributed by atoms with van der Waals surface area (Å²) in [5.41, 5.74) is 0. The van der Waals surface area contributed by atoms with Crippen molar-refractivity contribution in [1.82, 2.24) is 9.62 Å². The fourth-order valence-corrected chi connectivity index (χ4v) is 3.67. The molecule has 0 aromatic heterocycles. The average molecular weight is 327 g/mol. The number of rotatable bonds is 3. The Hall–Kier alpha value is -0.760. The van der Waals surface area contributed by atoms with Gasteiger partial charge in [0.25, 0.3) is 0 Å². The molecule has 0 aliphatic carbocycles. The molecule has 1 N–H and O–H groups in total. The lowest BCUT2D eigenvalue weighted by molar-refractivity contribution is 0.295. The summed E-state index contributed by atoms with van der Waals surface area (Å²) in [6, 6.07) is 2.35. The molecule has 1 aliphatic rings. The maximum Gasteiger partial charge on any atom is 0.245 e. The highest BCUT2D eigenvalue weighted by Gasteiger charge is 2.31. The Balaban J connectivity index is 0.00000200. The van der Waals surface area contributed by atoms with Crippen LogP contribution in [0, 0.1) is 11.6 Å². The predicted octanol–water partition coefficient (Wildman–Crippen LogP) is 1.76. The highest BCUT2D eigenvalue weighted by atomic mass is 35.5. The maximum absolute atomic E-state index is 13.6. The molecule has 2 rings (SSSR count). The van der Waals surface area contributed by atoms with Gasteiger partial charge in [0.1, 0.15) is 16.5 Å². The molecule has 1 saturated heterocycles. The molecule has 8 heteroatoms. The van der Waals surface area contributed by atoms with Gasteiger partial charge in [-0.1, -0.05) is 0 Å². The quantitative estimate of drug-likeness (QED) is 0.921. The van der Waals surface area contributed by atoms with Gasteiger partial charge in [0.2, 0.25) is 10.0 Å². The van der Waals surface area contributed by atoms with Crippen LogP contribution < -0.4 is 5.32 Å². The van der Waals surface area contributed by atoms with Gasteiger partial charge in [-0.05, 0) is 38.1 Å². The first-order valence-corrected chi connectivity index (χ1v) is 7.51. The van der Waals surface area contributed by atoms with E-state index in [4.69, 9.17) is 0 Å². The van der Waals surface area contributed by atoms with Crippen LogP contribution in [0.3, 0.4) is 0 Å². The maximum atomic E-state index is 13.6. The van der Waals surface area contributed by atoms with E-state index >= 15 is 0 Å². The fraction of sp³-hybridized carbons (Fsp3) is 0.500.